The van der Waals surface area contributed by atoms with Crippen molar-refractivity contribution < 1.29 is 9.53 Å². The second-order valence-electron chi connectivity index (χ2n) is 7.59. The molecule has 1 fully saturated rings. The van der Waals surface area contributed by atoms with Crippen LogP contribution >= 0.6 is 0 Å². The zero-order chi connectivity index (χ0) is 16.5. The summed E-state index contributed by atoms with van der Waals surface area (Å²) in [6.45, 7) is 13.3. The molecule has 0 spiro atoms. The van der Waals surface area contributed by atoms with Crippen molar-refractivity contribution in [3.63, 3.8) is 0 Å². The minimum Gasteiger partial charge on any atom is -0.444 e. The Bertz CT molecular complexity index is 522. The summed E-state index contributed by atoms with van der Waals surface area (Å²) < 4.78 is 5.56. The third-order valence-corrected chi connectivity index (χ3v) is 3.86. The predicted molar refractivity (Wildman–Crippen MR) is 88.1 cm³/mol. The van der Waals surface area contributed by atoms with E-state index < -0.39 is 5.60 Å². The molecule has 0 bridgehead atoms. The molecular formula is C17H27N3O2. The first-order valence-electron chi connectivity index (χ1n) is 7.77. The van der Waals surface area contributed by atoms with Gasteiger partial charge in [-0.2, -0.15) is 0 Å². The highest BCUT2D eigenvalue weighted by molar-refractivity contribution is 5.70. The molecule has 0 saturated carbocycles. The molecule has 1 saturated heterocycles. The van der Waals surface area contributed by atoms with E-state index >= 15 is 0 Å². The van der Waals surface area contributed by atoms with Crippen molar-refractivity contribution in [2.45, 2.75) is 58.7 Å². The van der Waals surface area contributed by atoms with Gasteiger partial charge in [0.2, 0.25) is 0 Å². The Balaban J connectivity index is 2.17. The van der Waals surface area contributed by atoms with Crippen molar-refractivity contribution in [2.24, 2.45) is 0 Å². The lowest BCUT2D eigenvalue weighted by atomic mass is 9.96. The molecule has 5 nitrogen and oxygen atoms in total. The largest absolute Gasteiger partial charge is 0.444 e. The first-order valence-corrected chi connectivity index (χ1v) is 7.77. The molecule has 0 N–H and O–H groups in total. The van der Waals surface area contributed by atoms with Gasteiger partial charge in [-0.15, -0.1) is 0 Å². The highest BCUT2D eigenvalue weighted by Gasteiger charge is 2.41. The van der Waals surface area contributed by atoms with Crippen LogP contribution in [0.2, 0.25) is 0 Å². The van der Waals surface area contributed by atoms with Crippen molar-refractivity contribution >= 4 is 11.8 Å². The molecule has 22 heavy (non-hydrogen) atoms. The molecule has 0 radical (unpaired) electrons. The summed E-state index contributed by atoms with van der Waals surface area (Å²) in [7, 11) is 0. The van der Waals surface area contributed by atoms with E-state index in [9.17, 15) is 4.79 Å². The summed E-state index contributed by atoms with van der Waals surface area (Å²) in [4.78, 5) is 20.8. The summed E-state index contributed by atoms with van der Waals surface area (Å²) in [5, 5.41) is 0. The third kappa shape index (κ3) is 3.70. The Morgan fingerprint density at radius 1 is 1.41 bits per heavy atom. The van der Waals surface area contributed by atoms with Crippen molar-refractivity contribution in [3.8, 4) is 0 Å². The minimum atomic E-state index is -0.475. The van der Waals surface area contributed by atoms with Crippen LogP contribution in [0.1, 0.15) is 41.5 Å². The molecule has 1 aliphatic rings. The lowest BCUT2D eigenvalue weighted by Crippen LogP contribution is -2.64. The van der Waals surface area contributed by atoms with Gasteiger partial charge in [-0.25, -0.2) is 4.79 Å². The molecule has 0 unspecified atom stereocenters. The van der Waals surface area contributed by atoms with Crippen molar-refractivity contribution in [1.29, 1.82) is 0 Å². The number of hydrogen-bond acceptors (Lipinski definition) is 4. The molecular weight excluding hydrogens is 278 g/mol. The standard InChI is InChI=1S/C17H27N3O2/c1-13-11-20(15(21)22-16(2,3)4)17(5,6)12-19(13)14-8-7-9-18-10-14/h7-10,13H,11-12H2,1-6H3/t13-/m1/s1. The molecule has 1 aromatic rings. The average molecular weight is 305 g/mol. The second kappa shape index (κ2) is 5.78. The van der Waals surface area contributed by atoms with Crippen molar-refractivity contribution in [2.75, 3.05) is 18.0 Å². The van der Waals surface area contributed by atoms with Gasteiger partial charge < -0.3 is 9.64 Å². The van der Waals surface area contributed by atoms with Crippen LogP contribution in [0.3, 0.4) is 0 Å². The summed E-state index contributed by atoms with van der Waals surface area (Å²) >= 11 is 0. The fraction of sp³-hybridized carbons (Fsp3) is 0.647. The Kier molecular flexibility index (Phi) is 4.36. The zero-order valence-electron chi connectivity index (χ0n) is 14.5. The fourth-order valence-electron chi connectivity index (χ4n) is 2.78. The van der Waals surface area contributed by atoms with Crippen LogP contribution in [-0.2, 0) is 4.74 Å². The molecule has 1 aromatic heterocycles. The van der Waals surface area contributed by atoms with Crippen LogP contribution in [0.25, 0.3) is 0 Å². The Hall–Kier alpha value is -1.78. The number of carbonyl (C=O) groups excluding carboxylic acids is 1. The molecule has 0 aromatic carbocycles. The predicted octanol–water partition coefficient (Wildman–Crippen LogP) is 3.31. The first-order chi connectivity index (χ1) is 10.1. The smallest absolute Gasteiger partial charge is 0.410 e. The van der Waals surface area contributed by atoms with E-state index in [1.54, 1.807) is 6.20 Å². The Morgan fingerprint density at radius 2 is 2.09 bits per heavy atom. The number of nitrogens with zero attached hydrogens (tertiary/aromatic N) is 3. The van der Waals surface area contributed by atoms with E-state index in [1.165, 1.54) is 0 Å². The van der Waals surface area contributed by atoms with Gasteiger partial charge in [-0.05, 0) is 53.7 Å². The summed E-state index contributed by atoms with van der Waals surface area (Å²) in [6.07, 6.45) is 3.40. The van der Waals surface area contributed by atoms with Gasteiger partial charge in [0.05, 0.1) is 17.4 Å². The van der Waals surface area contributed by atoms with Gasteiger partial charge in [0, 0.05) is 25.3 Å². The number of hydrogen-bond donors (Lipinski definition) is 0. The number of carbonyl (C=O) groups is 1. The number of amides is 1. The van der Waals surface area contributed by atoms with Crippen LogP contribution in [0.15, 0.2) is 24.5 Å². The molecule has 2 heterocycles. The maximum atomic E-state index is 12.5. The van der Waals surface area contributed by atoms with E-state index in [1.807, 2.05) is 37.9 Å². The average Bonchev–Trinajstić information content (AvgIpc) is 2.40. The van der Waals surface area contributed by atoms with Crippen LogP contribution in [-0.4, -0.2) is 46.2 Å². The fourth-order valence-corrected chi connectivity index (χ4v) is 2.78. The van der Waals surface area contributed by atoms with Crippen LogP contribution in [0, 0.1) is 0 Å². The summed E-state index contributed by atoms with van der Waals surface area (Å²) in [5.41, 5.74) is 0.314. The van der Waals surface area contributed by atoms with E-state index in [0.717, 1.165) is 12.2 Å². The van der Waals surface area contributed by atoms with Crippen LogP contribution in [0.5, 0.6) is 0 Å². The number of anilines is 1. The number of aromatic nitrogens is 1. The SMILES string of the molecule is C[C@@H]1CN(C(=O)OC(C)(C)C)C(C)(C)CN1c1cccnc1. The van der Waals surface area contributed by atoms with Gasteiger partial charge in [-0.1, -0.05) is 0 Å². The lowest BCUT2D eigenvalue weighted by molar-refractivity contribution is -0.00373. The van der Waals surface area contributed by atoms with Crippen LogP contribution < -0.4 is 4.90 Å². The number of rotatable bonds is 1. The lowest BCUT2D eigenvalue weighted by Gasteiger charge is -2.50. The first kappa shape index (κ1) is 16.6. The van der Waals surface area contributed by atoms with Crippen LogP contribution in [0.4, 0.5) is 10.5 Å². The van der Waals surface area contributed by atoms with Gasteiger partial charge in [0.1, 0.15) is 5.60 Å². The molecule has 122 valence electrons. The number of pyridine rings is 1. The normalized spacial score (nSPS) is 21.6. The summed E-state index contributed by atoms with van der Waals surface area (Å²) in [5.74, 6) is 0. The maximum Gasteiger partial charge on any atom is 0.410 e. The molecule has 1 aliphatic heterocycles. The molecule has 1 amide bonds. The van der Waals surface area contributed by atoms with Crippen molar-refractivity contribution in [1.82, 2.24) is 9.88 Å². The Morgan fingerprint density at radius 3 is 2.64 bits per heavy atom. The third-order valence-electron chi connectivity index (χ3n) is 3.86. The minimum absolute atomic E-state index is 0.213. The van der Waals surface area contributed by atoms with E-state index in [2.05, 4.69) is 36.7 Å². The number of ether oxygens (including phenoxy) is 1. The van der Waals surface area contributed by atoms with Gasteiger partial charge in [-0.3, -0.25) is 9.88 Å². The van der Waals surface area contributed by atoms with Crippen molar-refractivity contribution in [3.05, 3.63) is 24.5 Å². The highest BCUT2D eigenvalue weighted by atomic mass is 16.6. The monoisotopic (exact) mass is 305 g/mol. The molecule has 2 rings (SSSR count). The molecule has 0 aliphatic carbocycles. The van der Waals surface area contributed by atoms with E-state index in [0.29, 0.717) is 6.54 Å². The van der Waals surface area contributed by atoms with Gasteiger partial charge >= 0.3 is 6.09 Å². The Labute approximate surface area is 133 Å². The van der Waals surface area contributed by atoms with E-state index in [-0.39, 0.29) is 17.7 Å². The topological polar surface area (TPSA) is 45.7 Å². The van der Waals surface area contributed by atoms with Gasteiger partial charge in [0.15, 0.2) is 0 Å². The quantitative estimate of drug-likeness (QED) is 0.798. The van der Waals surface area contributed by atoms with Gasteiger partial charge in [0.25, 0.3) is 0 Å². The van der Waals surface area contributed by atoms with E-state index in [4.69, 9.17) is 4.74 Å². The molecule has 1 atom stereocenters. The second-order valence-corrected chi connectivity index (χ2v) is 7.59. The summed E-state index contributed by atoms with van der Waals surface area (Å²) in [6, 6.07) is 4.21. The highest BCUT2D eigenvalue weighted by Crippen LogP contribution is 2.29. The maximum absolute atomic E-state index is 12.5. The molecule has 5 heteroatoms. The zero-order valence-corrected chi connectivity index (χ0v) is 14.5. The number of piperazine rings is 1.